The second-order valence-electron chi connectivity index (χ2n) is 14.5. The highest BCUT2D eigenvalue weighted by atomic mass is 16.5. The lowest BCUT2D eigenvalue weighted by Crippen LogP contribution is -2.46. The Morgan fingerprint density at radius 1 is 0.577 bits per heavy atom. The van der Waals surface area contributed by atoms with Gasteiger partial charge in [0.2, 0.25) is 5.91 Å². The summed E-state index contributed by atoms with van der Waals surface area (Å²) >= 11 is 0. The van der Waals surface area contributed by atoms with Crippen LogP contribution in [0.25, 0.3) is 0 Å². The number of unbranched alkanes of at least 4 members (excludes halogenated alkanes) is 19. The molecule has 0 rings (SSSR count). The van der Waals surface area contributed by atoms with Gasteiger partial charge >= 0.3 is 5.97 Å². The number of nitrogens with one attached hydrogen (secondary N) is 1. The van der Waals surface area contributed by atoms with Gasteiger partial charge in [0.15, 0.2) is 0 Å². The highest BCUT2D eigenvalue weighted by Gasteiger charge is 2.24. The van der Waals surface area contributed by atoms with E-state index in [4.69, 9.17) is 4.74 Å². The van der Waals surface area contributed by atoms with Crippen molar-refractivity contribution in [1.82, 2.24) is 5.32 Å². The second-order valence-corrected chi connectivity index (χ2v) is 14.5. The molecule has 0 heterocycles. The molecule has 3 N–H and O–H groups in total. The maximum Gasteiger partial charge on any atom is 0.306 e. The maximum absolute atomic E-state index is 13.1. The average molecular weight is 728 g/mol. The lowest BCUT2D eigenvalue weighted by Gasteiger charge is -2.24. The lowest BCUT2D eigenvalue weighted by atomic mass is 10.0. The molecule has 0 saturated carbocycles. The number of ether oxygens (including phenoxy) is 1. The lowest BCUT2D eigenvalue weighted by molar-refractivity contribution is -0.151. The first kappa shape index (κ1) is 49.6. The van der Waals surface area contributed by atoms with Gasteiger partial charge in [0.1, 0.15) is 6.10 Å². The second kappa shape index (κ2) is 39.8. The fourth-order valence-electron chi connectivity index (χ4n) is 6.21. The molecule has 3 atom stereocenters. The van der Waals surface area contributed by atoms with Crippen molar-refractivity contribution in [2.45, 2.75) is 212 Å². The number of aliphatic hydroxyl groups is 2. The van der Waals surface area contributed by atoms with Crippen LogP contribution in [-0.4, -0.2) is 46.9 Å². The van der Waals surface area contributed by atoms with Gasteiger partial charge in [0.05, 0.1) is 25.2 Å². The van der Waals surface area contributed by atoms with Gasteiger partial charge < -0.3 is 20.3 Å². The van der Waals surface area contributed by atoms with Gasteiger partial charge in [-0.2, -0.15) is 0 Å². The van der Waals surface area contributed by atoms with E-state index < -0.39 is 18.2 Å². The first-order valence-electron chi connectivity index (χ1n) is 21.6. The number of carbonyl (C=O) groups excluding carboxylic acids is 2. The molecule has 0 spiro atoms. The minimum atomic E-state index is -0.792. The van der Waals surface area contributed by atoms with Crippen LogP contribution >= 0.6 is 0 Å². The zero-order chi connectivity index (χ0) is 38.2. The molecule has 1 amide bonds. The van der Waals surface area contributed by atoms with Crippen molar-refractivity contribution in [3.8, 4) is 0 Å². The third-order valence-electron chi connectivity index (χ3n) is 9.49. The Morgan fingerprint density at radius 2 is 1.04 bits per heavy atom. The Hall–Kier alpha value is -2.44. The molecule has 0 aromatic carbocycles. The normalized spacial score (nSPS) is 14.0. The zero-order valence-corrected chi connectivity index (χ0v) is 33.9. The summed E-state index contributed by atoms with van der Waals surface area (Å²) in [5, 5.41) is 23.5. The molecule has 0 aliphatic heterocycles. The summed E-state index contributed by atoms with van der Waals surface area (Å²) in [5.41, 5.74) is 0. The van der Waals surface area contributed by atoms with Crippen molar-refractivity contribution in [3.05, 3.63) is 60.8 Å². The van der Waals surface area contributed by atoms with E-state index in [0.717, 1.165) is 70.6 Å². The van der Waals surface area contributed by atoms with Gasteiger partial charge in [0.25, 0.3) is 0 Å². The van der Waals surface area contributed by atoms with Crippen LogP contribution in [0.3, 0.4) is 0 Å². The van der Waals surface area contributed by atoms with Gasteiger partial charge in [-0.1, -0.05) is 197 Å². The van der Waals surface area contributed by atoms with Crippen molar-refractivity contribution in [1.29, 1.82) is 0 Å². The predicted octanol–water partition coefficient (Wildman–Crippen LogP) is 12.1. The monoisotopic (exact) mass is 728 g/mol. The highest BCUT2D eigenvalue weighted by Crippen LogP contribution is 2.17. The number of hydrogen-bond donors (Lipinski definition) is 3. The van der Waals surface area contributed by atoms with Crippen molar-refractivity contribution in [2.75, 3.05) is 6.61 Å². The SMILES string of the molecule is CC/C=C/C=C/C=C\C=C/C=C/CCCCCC(=O)OC(CCCCCCCCCCC)CC(=O)NC(CO)C(O)CCCCCCCCCCC. The topological polar surface area (TPSA) is 95.9 Å². The molecule has 0 aliphatic carbocycles. The molecule has 300 valence electrons. The Bertz CT molecular complexity index is 952. The molecule has 0 saturated heterocycles. The number of esters is 1. The molecule has 3 unspecified atom stereocenters. The molecule has 6 nitrogen and oxygen atoms in total. The third kappa shape index (κ3) is 34.6. The van der Waals surface area contributed by atoms with Crippen LogP contribution in [-0.2, 0) is 14.3 Å². The van der Waals surface area contributed by atoms with Gasteiger partial charge in [0, 0.05) is 6.42 Å². The maximum atomic E-state index is 13.1. The van der Waals surface area contributed by atoms with Crippen LogP contribution in [0.4, 0.5) is 0 Å². The molecular weight excluding hydrogens is 647 g/mol. The number of hydrogen-bond acceptors (Lipinski definition) is 5. The van der Waals surface area contributed by atoms with Crippen molar-refractivity contribution < 1.29 is 24.5 Å². The molecule has 0 aromatic heterocycles. The zero-order valence-electron chi connectivity index (χ0n) is 33.9. The van der Waals surface area contributed by atoms with E-state index in [1.54, 1.807) is 0 Å². The number of aliphatic hydroxyl groups excluding tert-OH is 2. The fourth-order valence-corrected chi connectivity index (χ4v) is 6.21. The Morgan fingerprint density at radius 3 is 1.56 bits per heavy atom. The molecule has 6 heteroatoms. The Labute approximate surface area is 320 Å². The van der Waals surface area contributed by atoms with E-state index in [2.05, 4.69) is 44.3 Å². The fraction of sp³-hybridized carbons (Fsp3) is 0.739. The Balaban J connectivity index is 4.65. The Kier molecular flexibility index (Phi) is 37.9. The molecule has 0 aliphatic rings. The number of allylic oxidation sites excluding steroid dienone is 10. The summed E-state index contributed by atoms with van der Waals surface area (Å²) in [6.07, 6.45) is 47.1. The first-order chi connectivity index (χ1) is 25.5. The van der Waals surface area contributed by atoms with Crippen LogP contribution in [0.5, 0.6) is 0 Å². The van der Waals surface area contributed by atoms with Crippen LogP contribution in [0, 0.1) is 0 Å². The molecule has 0 radical (unpaired) electrons. The molecule has 52 heavy (non-hydrogen) atoms. The van der Waals surface area contributed by atoms with Gasteiger partial charge in [-0.25, -0.2) is 0 Å². The van der Waals surface area contributed by atoms with Gasteiger partial charge in [-0.3, -0.25) is 9.59 Å². The van der Waals surface area contributed by atoms with Crippen LogP contribution in [0.1, 0.15) is 194 Å². The summed E-state index contributed by atoms with van der Waals surface area (Å²) in [6, 6.07) is -0.707. The quantitative estimate of drug-likeness (QED) is 0.0336. The molecule has 0 fully saturated rings. The predicted molar refractivity (Wildman–Crippen MR) is 222 cm³/mol. The third-order valence-corrected chi connectivity index (χ3v) is 9.49. The standard InChI is InChI=1S/C46H81NO5/c1-4-7-10-13-16-19-20-21-22-23-24-27-30-33-36-39-46(51)52-42(37-34-31-28-25-17-14-11-8-5-2)40-45(50)47-43(41-48)44(49)38-35-32-29-26-18-15-12-9-6-3/h7,10,13,16,19-24,42-44,48-49H,4-6,8-9,11-12,14-15,17-18,25-41H2,1-3H3,(H,47,50)/b10-7+,16-13+,20-19-,22-21-,24-23+. The largest absolute Gasteiger partial charge is 0.462 e. The molecule has 0 bridgehead atoms. The highest BCUT2D eigenvalue weighted by molar-refractivity contribution is 5.77. The minimum Gasteiger partial charge on any atom is -0.462 e. The smallest absolute Gasteiger partial charge is 0.306 e. The number of amides is 1. The number of rotatable bonds is 37. The van der Waals surface area contributed by atoms with E-state index in [-0.39, 0.29) is 24.9 Å². The average Bonchev–Trinajstić information content (AvgIpc) is 3.13. The van der Waals surface area contributed by atoms with Gasteiger partial charge in [-0.15, -0.1) is 0 Å². The van der Waals surface area contributed by atoms with Gasteiger partial charge in [-0.05, 0) is 44.9 Å². The van der Waals surface area contributed by atoms with E-state index in [1.807, 2.05) is 42.5 Å². The summed E-state index contributed by atoms with van der Waals surface area (Å²) < 4.78 is 5.86. The molecule has 0 aromatic rings. The molecular formula is C46H81NO5. The van der Waals surface area contributed by atoms with Crippen LogP contribution in [0.15, 0.2) is 60.8 Å². The van der Waals surface area contributed by atoms with Crippen molar-refractivity contribution in [2.24, 2.45) is 0 Å². The van der Waals surface area contributed by atoms with Crippen molar-refractivity contribution in [3.63, 3.8) is 0 Å². The van der Waals surface area contributed by atoms with E-state index in [9.17, 15) is 19.8 Å². The summed E-state index contributed by atoms with van der Waals surface area (Å²) in [4.78, 5) is 25.9. The summed E-state index contributed by atoms with van der Waals surface area (Å²) in [5.74, 6) is -0.529. The van der Waals surface area contributed by atoms with Crippen LogP contribution < -0.4 is 5.32 Å². The van der Waals surface area contributed by atoms with E-state index in [0.29, 0.717) is 19.3 Å². The summed E-state index contributed by atoms with van der Waals surface area (Å²) in [6.45, 7) is 6.27. The van der Waals surface area contributed by atoms with E-state index in [1.165, 1.54) is 77.0 Å². The number of carbonyl (C=O) groups is 2. The minimum absolute atomic E-state index is 0.0592. The summed E-state index contributed by atoms with van der Waals surface area (Å²) in [7, 11) is 0. The van der Waals surface area contributed by atoms with Crippen molar-refractivity contribution >= 4 is 11.9 Å². The van der Waals surface area contributed by atoms with E-state index >= 15 is 0 Å². The van der Waals surface area contributed by atoms with Crippen LogP contribution in [0.2, 0.25) is 0 Å². The first-order valence-corrected chi connectivity index (χ1v) is 21.6.